The Labute approximate surface area is 113 Å². The largest absolute Gasteiger partial charge is 0.448 e. The van der Waals surface area contributed by atoms with Crippen LogP contribution in [0, 0.1) is 0 Å². The van der Waals surface area contributed by atoms with E-state index in [-0.39, 0.29) is 18.7 Å². The van der Waals surface area contributed by atoms with Crippen molar-refractivity contribution in [3.05, 3.63) is 46.3 Å². The zero-order valence-electron chi connectivity index (χ0n) is 10.4. The van der Waals surface area contributed by atoms with E-state index >= 15 is 0 Å². The highest BCUT2D eigenvalue weighted by atomic mass is 16.5. The molecule has 2 aromatic rings. The fourth-order valence-electron chi connectivity index (χ4n) is 1.63. The lowest BCUT2D eigenvalue weighted by Gasteiger charge is -2.05. The van der Waals surface area contributed by atoms with Gasteiger partial charge in [-0.3, -0.25) is 4.79 Å². The average Bonchev–Trinajstić information content (AvgIpc) is 2.42. The van der Waals surface area contributed by atoms with Crippen molar-refractivity contribution in [3.8, 4) is 0 Å². The Morgan fingerprint density at radius 2 is 2.05 bits per heavy atom. The number of fused-ring (bicyclic) bond motifs is 1. The molecule has 7 nitrogen and oxygen atoms in total. The fourth-order valence-corrected chi connectivity index (χ4v) is 1.63. The monoisotopic (exact) mass is 276 g/mol. The summed E-state index contributed by atoms with van der Waals surface area (Å²) in [6.07, 6.45) is -0.926. The summed E-state index contributed by atoms with van der Waals surface area (Å²) in [5.74, 6) is -0.599. The maximum absolute atomic E-state index is 11.8. The van der Waals surface area contributed by atoms with Crippen LogP contribution in [-0.2, 0) is 4.74 Å². The number of nitrogens with two attached hydrogens (primary N) is 1. The number of rotatable bonds is 4. The van der Waals surface area contributed by atoms with Crippen molar-refractivity contribution in [2.45, 2.75) is 0 Å². The van der Waals surface area contributed by atoms with E-state index < -0.39 is 17.6 Å². The fraction of sp³-hybridized carbons (Fsp3) is 0.154. The first-order valence-corrected chi connectivity index (χ1v) is 5.81. The Morgan fingerprint density at radius 3 is 2.80 bits per heavy atom. The number of carbonyl (C=O) groups excluding carboxylic acids is 2. The number of para-hydroxylation sites is 1. The van der Waals surface area contributed by atoms with Gasteiger partial charge in [-0.15, -0.1) is 0 Å². The molecule has 20 heavy (non-hydrogen) atoms. The summed E-state index contributed by atoms with van der Waals surface area (Å²) in [4.78, 5) is 33.8. The molecule has 2 amide bonds. The Hall–Kier alpha value is -2.83. The Bertz CT molecular complexity index is 707. The average molecular weight is 276 g/mol. The zero-order chi connectivity index (χ0) is 14.5. The van der Waals surface area contributed by atoms with Crippen molar-refractivity contribution >= 4 is 23.0 Å². The van der Waals surface area contributed by atoms with Gasteiger partial charge >= 0.3 is 11.7 Å². The normalized spacial score (nSPS) is 10.2. The summed E-state index contributed by atoms with van der Waals surface area (Å²) in [6, 6.07) is 8.31. The molecule has 1 heterocycles. The van der Waals surface area contributed by atoms with Gasteiger partial charge < -0.3 is 20.2 Å². The molecule has 0 fully saturated rings. The minimum Gasteiger partial charge on any atom is -0.448 e. The molecule has 104 valence electrons. The molecule has 0 unspecified atom stereocenters. The minimum atomic E-state index is -0.926. The molecule has 0 bridgehead atoms. The molecule has 0 saturated heterocycles. The van der Waals surface area contributed by atoms with E-state index in [0.717, 1.165) is 0 Å². The minimum absolute atomic E-state index is 0.0496. The second-order valence-corrected chi connectivity index (χ2v) is 3.91. The lowest BCUT2D eigenvalue weighted by molar-refractivity contribution is 0.0933. The maximum Gasteiger partial charge on any atom is 0.404 e. The van der Waals surface area contributed by atoms with Gasteiger partial charge in [-0.1, -0.05) is 18.2 Å². The molecule has 0 atom stereocenters. The van der Waals surface area contributed by atoms with Crippen LogP contribution in [0.25, 0.3) is 11.0 Å². The van der Waals surface area contributed by atoms with E-state index in [1.807, 2.05) is 0 Å². The Balaban J connectivity index is 2.11. The summed E-state index contributed by atoms with van der Waals surface area (Å²) in [5, 5.41) is 3.07. The van der Waals surface area contributed by atoms with Crippen LogP contribution in [0.5, 0.6) is 0 Å². The molecule has 0 radical (unpaired) electrons. The first kappa shape index (κ1) is 13.6. The van der Waals surface area contributed by atoms with Gasteiger partial charge in [0.2, 0.25) is 0 Å². The van der Waals surface area contributed by atoms with E-state index in [0.29, 0.717) is 11.0 Å². The maximum atomic E-state index is 11.8. The van der Waals surface area contributed by atoms with E-state index in [4.69, 9.17) is 10.2 Å². The smallest absolute Gasteiger partial charge is 0.404 e. The molecule has 0 aliphatic carbocycles. The molecular weight excluding hydrogens is 264 g/mol. The molecule has 0 aliphatic heterocycles. The van der Waals surface area contributed by atoms with Crippen molar-refractivity contribution in [2.24, 2.45) is 5.73 Å². The molecular formula is C13H12N2O5. The topological polar surface area (TPSA) is 112 Å². The summed E-state index contributed by atoms with van der Waals surface area (Å²) in [7, 11) is 0. The van der Waals surface area contributed by atoms with Crippen molar-refractivity contribution in [1.29, 1.82) is 0 Å². The quantitative estimate of drug-likeness (QED) is 0.628. The third-order valence-electron chi connectivity index (χ3n) is 2.52. The highest BCUT2D eigenvalue weighted by Crippen LogP contribution is 2.12. The third-order valence-corrected chi connectivity index (χ3v) is 2.52. The van der Waals surface area contributed by atoms with Crippen molar-refractivity contribution < 1.29 is 18.7 Å². The lowest BCUT2D eigenvalue weighted by atomic mass is 10.2. The summed E-state index contributed by atoms with van der Waals surface area (Å²) in [5.41, 5.74) is 4.34. The van der Waals surface area contributed by atoms with Crippen molar-refractivity contribution in [3.63, 3.8) is 0 Å². The standard InChI is InChI=1S/C13H12N2O5/c14-13(18)19-6-5-15-11(16)9-7-8-3-1-2-4-10(8)20-12(9)17/h1-4,7H,5-6H2,(H2,14,18)(H,15,16). The predicted molar refractivity (Wildman–Crippen MR) is 70.4 cm³/mol. The van der Waals surface area contributed by atoms with Crippen LogP contribution in [0.3, 0.4) is 0 Å². The molecule has 0 saturated carbocycles. The van der Waals surface area contributed by atoms with Gasteiger partial charge in [0.1, 0.15) is 17.8 Å². The first-order chi connectivity index (χ1) is 9.58. The number of primary amides is 1. The van der Waals surface area contributed by atoms with Crippen LogP contribution >= 0.6 is 0 Å². The number of hydrogen-bond acceptors (Lipinski definition) is 5. The van der Waals surface area contributed by atoms with Crippen LogP contribution in [0.2, 0.25) is 0 Å². The molecule has 3 N–H and O–H groups in total. The van der Waals surface area contributed by atoms with Crippen LogP contribution in [0.4, 0.5) is 4.79 Å². The van der Waals surface area contributed by atoms with Gasteiger partial charge in [0.25, 0.3) is 5.91 Å². The van der Waals surface area contributed by atoms with Crippen LogP contribution in [-0.4, -0.2) is 25.2 Å². The molecule has 0 aliphatic rings. The van der Waals surface area contributed by atoms with Gasteiger partial charge in [0, 0.05) is 5.39 Å². The number of amides is 2. The van der Waals surface area contributed by atoms with E-state index in [2.05, 4.69) is 10.1 Å². The zero-order valence-corrected chi connectivity index (χ0v) is 10.4. The van der Waals surface area contributed by atoms with Gasteiger partial charge in [0.05, 0.1) is 6.54 Å². The van der Waals surface area contributed by atoms with Crippen LogP contribution in [0.15, 0.2) is 39.5 Å². The second kappa shape index (κ2) is 5.87. The number of hydrogen-bond donors (Lipinski definition) is 2. The number of nitrogens with one attached hydrogen (secondary N) is 1. The molecule has 1 aromatic carbocycles. The number of ether oxygens (including phenoxy) is 1. The van der Waals surface area contributed by atoms with Gasteiger partial charge in [0.15, 0.2) is 0 Å². The molecule has 2 rings (SSSR count). The van der Waals surface area contributed by atoms with Gasteiger partial charge in [-0.05, 0) is 12.1 Å². The Morgan fingerprint density at radius 1 is 1.30 bits per heavy atom. The summed E-state index contributed by atoms with van der Waals surface area (Å²) < 4.78 is 9.49. The van der Waals surface area contributed by atoms with Gasteiger partial charge in [-0.2, -0.15) is 0 Å². The third kappa shape index (κ3) is 3.14. The van der Waals surface area contributed by atoms with E-state index in [9.17, 15) is 14.4 Å². The van der Waals surface area contributed by atoms with Crippen LogP contribution in [0.1, 0.15) is 10.4 Å². The van der Waals surface area contributed by atoms with Crippen molar-refractivity contribution in [2.75, 3.05) is 13.2 Å². The van der Waals surface area contributed by atoms with E-state index in [1.165, 1.54) is 6.07 Å². The molecule has 0 spiro atoms. The number of carbonyl (C=O) groups is 2. The van der Waals surface area contributed by atoms with Crippen molar-refractivity contribution in [1.82, 2.24) is 5.32 Å². The molecule has 7 heteroatoms. The molecule has 1 aromatic heterocycles. The second-order valence-electron chi connectivity index (χ2n) is 3.91. The lowest BCUT2D eigenvalue weighted by Crippen LogP contribution is -2.32. The van der Waals surface area contributed by atoms with Gasteiger partial charge in [-0.25, -0.2) is 9.59 Å². The Kier molecular flexibility index (Phi) is 3.99. The SMILES string of the molecule is NC(=O)OCCNC(=O)c1cc2ccccc2oc1=O. The highest BCUT2D eigenvalue weighted by Gasteiger charge is 2.13. The number of benzene rings is 1. The van der Waals surface area contributed by atoms with Crippen LogP contribution < -0.4 is 16.7 Å². The summed E-state index contributed by atoms with van der Waals surface area (Å²) >= 11 is 0. The first-order valence-electron chi connectivity index (χ1n) is 5.81. The predicted octanol–water partition coefficient (Wildman–Crippen LogP) is 0.618. The van der Waals surface area contributed by atoms with E-state index in [1.54, 1.807) is 24.3 Å². The highest BCUT2D eigenvalue weighted by molar-refractivity contribution is 5.96. The summed E-state index contributed by atoms with van der Waals surface area (Å²) in [6.45, 7) is -0.0198.